The second-order valence-electron chi connectivity index (χ2n) is 2.87. The third kappa shape index (κ3) is 2.41. The number of ether oxygens (including phenoxy) is 1. The Bertz CT molecular complexity index is 258. The molecule has 70 valence electrons. The molecule has 13 heavy (non-hydrogen) atoms. The van der Waals surface area contributed by atoms with Gasteiger partial charge in [0.05, 0.1) is 12.1 Å². The van der Waals surface area contributed by atoms with E-state index in [1.165, 1.54) is 0 Å². The van der Waals surface area contributed by atoms with Gasteiger partial charge in [0, 0.05) is 7.11 Å². The molecule has 0 heterocycles. The molecule has 2 heteroatoms. The van der Waals surface area contributed by atoms with Crippen LogP contribution in [0.25, 0.3) is 0 Å². The van der Waals surface area contributed by atoms with Crippen LogP contribution in [0.15, 0.2) is 43.0 Å². The van der Waals surface area contributed by atoms with Gasteiger partial charge in [-0.1, -0.05) is 36.4 Å². The van der Waals surface area contributed by atoms with Crippen LogP contribution in [0.5, 0.6) is 0 Å². The van der Waals surface area contributed by atoms with Crippen molar-refractivity contribution in [1.29, 1.82) is 0 Å². The molecule has 0 spiro atoms. The third-order valence-electron chi connectivity index (χ3n) is 2.04. The van der Waals surface area contributed by atoms with E-state index < -0.39 is 0 Å². The molecule has 2 atom stereocenters. The van der Waals surface area contributed by atoms with Crippen molar-refractivity contribution in [2.75, 3.05) is 7.11 Å². The second kappa shape index (κ2) is 4.80. The lowest BCUT2D eigenvalue weighted by Crippen LogP contribution is -2.25. The number of hydrogen-bond donors (Lipinski definition) is 1. The molecule has 0 fully saturated rings. The molecular formula is C11H15NO. The first kappa shape index (κ1) is 9.96. The van der Waals surface area contributed by atoms with Gasteiger partial charge in [0.25, 0.3) is 0 Å². The minimum Gasteiger partial charge on any atom is -0.375 e. The fourth-order valence-electron chi connectivity index (χ4n) is 1.25. The van der Waals surface area contributed by atoms with Gasteiger partial charge in [-0.2, -0.15) is 0 Å². The SMILES string of the molecule is C=C[C@H](OC)[C@@H](N)c1ccccc1. The zero-order valence-corrected chi connectivity index (χ0v) is 7.81. The summed E-state index contributed by atoms with van der Waals surface area (Å²) in [5, 5.41) is 0. The first-order valence-corrected chi connectivity index (χ1v) is 4.25. The lowest BCUT2D eigenvalue weighted by Gasteiger charge is -2.19. The molecule has 0 saturated carbocycles. The van der Waals surface area contributed by atoms with E-state index in [2.05, 4.69) is 6.58 Å². The van der Waals surface area contributed by atoms with Crippen LogP contribution < -0.4 is 5.73 Å². The standard InChI is InChI=1S/C11H15NO/c1-3-10(13-2)11(12)9-7-5-4-6-8-9/h3-8,10-11H,1,12H2,2H3/t10-,11-/m0/s1. The van der Waals surface area contributed by atoms with E-state index in [0.717, 1.165) is 5.56 Å². The Labute approximate surface area is 79.0 Å². The number of benzene rings is 1. The quantitative estimate of drug-likeness (QED) is 0.713. The van der Waals surface area contributed by atoms with Crippen molar-refractivity contribution in [2.24, 2.45) is 5.73 Å². The molecule has 0 amide bonds. The van der Waals surface area contributed by atoms with Crippen molar-refractivity contribution in [2.45, 2.75) is 12.1 Å². The van der Waals surface area contributed by atoms with Crippen molar-refractivity contribution in [1.82, 2.24) is 0 Å². The molecule has 0 aliphatic rings. The molecule has 0 aliphatic carbocycles. The molecule has 0 aliphatic heterocycles. The summed E-state index contributed by atoms with van der Waals surface area (Å²) in [6, 6.07) is 9.73. The summed E-state index contributed by atoms with van der Waals surface area (Å²) in [6.45, 7) is 3.67. The highest BCUT2D eigenvalue weighted by atomic mass is 16.5. The summed E-state index contributed by atoms with van der Waals surface area (Å²) < 4.78 is 5.17. The number of rotatable bonds is 4. The van der Waals surface area contributed by atoms with Crippen molar-refractivity contribution >= 4 is 0 Å². The maximum atomic E-state index is 5.96. The van der Waals surface area contributed by atoms with Crippen LogP contribution in [-0.2, 0) is 4.74 Å². The Kier molecular flexibility index (Phi) is 3.68. The molecule has 2 nitrogen and oxygen atoms in total. The van der Waals surface area contributed by atoms with Gasteiger partial charge < -0.3 is 10.5 Å². The van der Waals surface area contributed by atoms with E-state index in [0.29, 0.717) is 0 Å². The van der Waals surface area contributed by atoms with Crippen LogP contribution in [-0.4, -0.2) is 13.2 Å². The Balaban J connectivity index is 2.77. The topological polar surface area (TPSA) is 35.2 Å². The molecule has 0 radical (unpaired) electrons. The van der Waals surface area contributed by atoms with Crippen LogP contribution in [0.3, 0.4) is 0 Å². The fourth-order valence-corrected chi connectivity index (χ4v) is 1.25. The van der Waals surface area contributed by atoms with Gasteiger partial charge in [0.1, 0.15) is 0 Å². The predicted octanol–water partition coefficient (Wildman–Crippen LogP) is 1.89. The summed E-state index contributed by atoms with van der Waals surface area (Å²) in [6.07, 6.45) is 1.60. The van der Waals surface area contributed by atoms with Crippen LogP contribution in [0.1, 0.15) is 11.6 Å². The maximum Gasteiger partial charge on any atom is 0.0942 e. The lowest BCUT2D eigenvalue weighted by atomic mass is 10.0. The van der Waals surface area contributed by atoms with Gasteiger partial charge in [-0.15, -0.1) is 6.58 Å². The summed E-state index contributed by atoms with van der Waals surface area (Å²) in [5.41, 5.74) is 7.03. The molecule has 1 rings (SSSR count). The Morgan fingerprint density at radius 1 is 1.38 bits per heavy atom. The first-order chi connectivity index (χ1) is 6.29. The van der Waals surface area contributed by atoms with E-state index in [9.17, 15) is 0 Å². The monoisotopic (exact) mass is 177 g/mol. The number of methoxy groups -OCH3 is 1. The number of hydrogen-bond acceptors (Lipinski definition) is 2. The molecule has 1 aromatic rings. The average Bonchev–Trinajstić information content (AvgIpc) is 2.21. The van der Waals surface area contributed by atoms with Crippen molar-refractivity contribution in [3.8, 4) is 0 Å². The van der Waals surface area contributed by atoms with Crippen molar-refractivity contribution in [3.05, 3.63) is 48.6 Å². The smallest absolute Gasteiger partial charge is 0.0942 e. The van der Waals surface area contributed by atoms with E-state index in [4.69, 9.17) is 10.5 Å². The first-order valence-electron chi connectivity index (χ1n) is 4.25. The van der Waals surface area contributed by atoms with Gasteiger partial charge in [-0.05, 0) is 5.56 Å². The zero-order valence-electron chi connectivity index (χ0n) is 7.81. The van der Waals surface area contributed by atoms with Crippen molar-refractivity contribution < 1.29 is 4.74 Å². The third-order valence-corrected chi connectivity index (χ3v) is 2.04. The fraction of sp³-hybridized carbons (Fsp3) is 0.273. The van der Waals surface area contributed by atoms with Crippen LogP contribution in [0.2, 0.25) is 0 Å². The van der Waals surface area contributed by atoms with E-state index in [1.54, 1.807) is 13.2 Å². The van der Waals surface area contributed by atoms with Gasteiger partial charge in [0.2, 0.25) is 0 Å². The summed E-state index contributed by atoms with van der Waals surface area (Å²) in [4.78, 5) is 0. The second-order valence-corrected chi connectivity index (χ2v) is 2.87. The molecule has 0 saturated heterocycles. The summed E-state index contributed by atoms with van der Waals surface area (Å²) in [7, 11) is 1.63. The van der Waals surface area contributed by atoms with Crippen molar-refractivity contribution in [3.63, 3.8) is 0 Å². The van der Waals surface area contributed by atoms with E-state index >= 15 is 0 Å². The minimum atomic E-state index is -0.135. The maximum absolute atomic E-state index is 5.96. The molecule has 0 bridgehead atoms. The highest BCUT2D eigenvalue weighted by Crippen LogP contribution is 2.16. The van der Waals surface area contributed by atoms with Gasteiger partial charge in [0.15, 0.2) is 0 Å². The van der Waals surface area contributed by atoms with E-state index in [1.807, 2.05) is 30.3 Å². The molecule has 0 aromatic heterocycles. The van der Waals surface area contributed by atoms with Crippen LogP contribution in [0.4, 0.5) is 0 Å². The highest BCUT2D eigenvalue weighted by molar-refractivity contribution is 5.20. The predicted molar refractivity (Wildman–Crippen MR) is 54.4 cm³/mol. The molecule has 0 unspecified atom stereocenters. The zero-order chi connectivity index (χ0) is 9.68. The molecule has 2 N–H and O–H groups in total. The lowest BCUT2D eigenvalue weighted by molar-refractivity contribution is 0.119. The highest BCUT2D eigenvalue weighted by Gasteiger charge is 2.14. The van der Waals surface area contributed by atoms with E-state index in [-0.39, 0.29) is 12.1 Å². The Hall–Kier alpha value is -1.12. The van der Waals surface area contributed by atoms with Crippen LogP contribution >= 0.6 is 0 Å². The number of nitrogens with two attached hydrogens (primary N) is 1. The molecule has 1 aromatic carbocycles. The minimum absolute atomic E-state index is 0.123. The van der Waals surface area contributed by atoms with Gasteiger partial charge >= 0.3 is 0 Å². The summed E-state index contributed by atoms with van der Waals surface area (Å²) >= 11 is 0. The van der Waals surface area contributed by atoms with Gasteiger partial charge in [-0.3, -0.25) is 0 Å². The van der Waals surface area contributed by atoms with Crippen LogP contribution in [0, 0.1) is 0 Å². The largest absolute Gasteiger partial charge is 0.375 e. The Morgan fingerprint density at radius 2 is 2.00 bits per heavy atom. The summed E-state index contributed by atoms with van der Waals surface area (Å²) in [5.74, 6) is 0. The normalized spacial score (nSPS) is 14.9. The Morgan fingerprint density at radius 3 is 2.46 bits per heavy atom. The van der Waals surface area contributed by atoms with Gasteiger partial charge in [-0.25, -0.2) is 0 Å². The average molecular weight is 177 g/mol. The molecular weight excluding hydrogens is 162 g/mol.